The number of piperidine rings is 6. The molecule has 0 spiro atoms. The zero-order valence-corrected chi connectivity index (χ0v) is 35.5. The number of ether oxygens (including phenoxy) is 2. The number of hydrogen-bond donors (Lipinski definition) is 0. The Hall–Kier alpha value is -5.96. The van der Waals surface area contributed by atoms with Crippen molar-refractivity contribution in [3.63, 3.8) is 0 Å². The van der Waals surface area contributed by atoms with Gasteiger partial charge in [0.15, 0.2) is 11.6 Å². The van der Waals surface area contributed by atoms with Crippen LogP contribution in [0.25, 0.3) is 21.8 Å². The van der Waals surface area contributed by atoms with Crippen molar-refractivity contribution in [2.75, 3.05) is 40.4 Å². The van der Waals surface area contributed by atoms with Crippen LogP contribution in [0.5, 0.6) is 11.5 Å². The van der Waals surface area contributed by atoms with E-state index in [4.69, 9.17) is 19.4 Å². The number of hydrogen-bond acceptors (Lipinski definition) is 8. The van der Waals surface area contributed by atoms with E-state index in [1.54, 1.807) is 14.2 Å². The van der Waals surface area contributed by atoms with Crippen molar-refractivity contribution in [1.29, 1.82) is 0 Å². The third kappa shape index (κ3) is 6.09. The molecule has 4 aromatic carbocycles. The lowest BCUT2D eigenvalue weighted by molar-refractivity contribution is 0.0116. The minimum Gasteiger partial charge on any atom is -0.497 e. The van der Waals surface area contributed by atoms with E-state index < -0.39 is 0 Å². The highest BCUT2D eigenvalue weighted by molar-refractivity contribution is 6.29. The van der Waals surface area contributed by atoms with Crippen molar-refractivity contribution in [3.8, 4) is 11.5 Å². The Balaban J connectivity index is 1.20. The van der Waals surface area contributed by atoms with E-state index in [9.17, 15) is 0 Å². The lowest BCUT2D eigenvalue weighted by Gasteiger charge is -2.52. The number of aromatic nitrogens is 2. The number of methoxy groups -OCH3 is 2. The second kappa shape index (κ2) is 15.4. The van der Waals surface area contributed by atoms with Gasteiger partial charge in [0, 0.05) is 82.4 Å². The van der Waals surface area contributed by atoms with E-state index in [1.807, 2.05) is 60.9 Å². The van der Waals surface area contributed by atoms with Gasteiger partial charge in [0.1, 0.15) is 11.5 Å². The molecule has 0 saturated carbocycles. The maximum absolute atomic E-state index is 15.6. The van der Waals surface area contributed by atoms with Gasteiger partial charge in [-0.25, -0.2) is 0 Å². The number of pyridine rings is 2. The molecule has 0 radical (unpaired) electrons. The highest BCUT2D eigenvalue weighted by Crippen LogP contribution is 2.51. The normalized spacial score (nSPS) is 27.1. The summed E-state index contributed by atoms with van der Waals surface area (Å²) in [6.07, 6.45) is 12.2. The summed E-state index contributed by atoms with van der Waals surface area (Å²) >= 11 is 0. The SMILES string of the molecule is C=C[C@@H]1CN2CC[C@H]1C[C@@H]2[C@@H](c1ccc([C@@H](c2ccnc3ccc(OC)cc23)[C@H]2C[C@@H]3CCN2C[C@H]3C=C)c2c1C(=O)c1ccccc1C2=O)c1ccnc2ccc(OC)cc12. The highest BCUT2D eigenvalue weighted by atomic mass is 16.5. The average Bonchev–Trinajstić information content (AvgIpc) is 3.33. The summed E-state index contributed by atoms with van der Waals surface area (Å²) in [5, 5.41) is 1.98. The first-order valence-corrected chi connectivity index (χ1v) is 22.3. The van der Waals surface area contributed by atoms with Crippen LogP contribution in [0.1, 0.15) is 91.6 Å². The smallest absolute Gasteiger partial charge is 0.194 e. The van der Waals surface area contributed by atoms with E-state index in [0.717, 1.165) is 107 Å². The summed E-state index contributed by atoms with van der Waals surface area (Å²) in [4.78, 5) is 46.2. The van der Waals surface area contributed by atoms with Crippen molar-refractivity contribution < 1.29 is 19.1 Å². The van der Waals surface area contributed by atoms with Crippen LogP contribution in [0, 0.1) is 23.7 Å². The van der Waals surface area contributed by atoms with Crippen LogP contribution in [0.2, 0.25) is 0 Å². The zero-order chi connectivity index (χ0) is 42.2. The number of fused-ring (bicyclic) bond motifs is 10. The first kappa shape index (κ1) is 38.9. The molecule has 6 saturated heterocycles. The molecule has 10 atom stereocenters. The molecule has 1 aliphatic carbocycles. The van der Waals surface area contributed by atoms with E-state index in [1.165, 1.54) is 0 Å². The molecule has 312 valence electrons. The van der Waals surface area contributed by atoms with Crippen LogP contribution in [-0.4, -0.2) is 83.8 Å². The number of nitrogens with zero attached hydrogens (tertiary/aromatic N) is 4. The van der Waals surface area contributed by atoms with E-state index >= 15 is 9.59 Å². The zero-order valence-electron chi connectivity index (χ0n) is 35.5. The maximum Gasteiger partial charge on any atom is 0.194 e. The Morgan fingerprint density at radius 1 is 0.613 bits per heavy atom. The monoisotopic (exact) mass is 820 g/mol. The second-order valence-electron chi connectivity index (χ2n) is 18.2. The average molecular weight is 821 g/mol. The number of benzene rings is 4. The lowest BCUT2D eigenvalue weighted by Crippen LogP contribution is -2.55. The topological polar surface area (TPSA) is 84.9 Å². The van der Waals surface area contributed by atoms with Crippen molar-refractivity contribution in [2.45, 2.75) is 49.6 Å². The van der Waals surface area contributed by atoms with Gasteiger partial charge < -0.3 is 9.47 Å². The van der Waals surface area contributed by atoms with Gasteiger partial charge in [0.05, 0.1) is 25.3 Å². The van der Waals surface area contributed by atoms with Crippen LogP contribution in [0.3, 0.4) is 0 Å². The Kier molecular flexibility index (Phi) is 9.69. The predicted octanol–water partition coefficient (Wildman–Crippen LogP) is 9.63. The maximum atomic E-state index is 15.6. The summed E-state index contributed by atoms with van der Waals surface area (Å²) in [5.74, 6) is 2.63. The van der Waals surface area contributed by atoms with Crippen molar-refractivity contribution in [2.24, 2.45) is 23.7 Å². The molecule has 6 aromatic rings. The molecule has 2 aromatic heterocycles. The minimum absolute atomic E-state index is 0.0835. The van der Waals surface area contributed by atoms with E-state index in [-0.39, 0.29) is 35.5 Å². The summed E-state index contributed by atoms with van der Waals surface area (Å²) < 4.78 is 11.6. The number of ketones is 2. The summed E-state index contributed by atoms with van der Waals surface area (Å²) in [7, 11) is 3.38. The van der Waals surface area contributed by atoms with Crippen LogP contribution >= 0.6 is 0 Å². The summed E-state index contributed by atoms with van der Waals surface area (Å²) in [5.41, 5.74) is 7.71. The third-order valence-corrected chi connectivity index (χ3v) is 15.5. The number of carbonyl (C=O) groups is 2. The molecular formula is C54H52N4O4. The third-order valence-electron chi connectivity index (χ3n) is 15.5. The molecule has 2 unspecified atom stereocenters. The first-order valence-electron chi connectivity index (χ1n) is 22.3. The van der Waals surface area contributed by atoms with Crippen LogP contribution in [0.15, 0.2) is 123 Å². The molecule has 0 amide bonds. The lowest BCUT2D eigenvalue weighted by atomic mass is 9.65. The van der Waals surface area contributed by atoms with Crippen LogP contribution in [0.4, 0.5) is 0 Å². The molecule has 8 heteroatoms. The fourth-order valence-corrected chi connectivity index (χ4v) is 12.5. The number of rotatable bonds is 10. The van der Waals surface area contributed by atoms with Gasteiger partial charge in [-0.1, -0.05) is 48.6 Å². The molecule has 7 aliphatic rings. The van der Waals surface area contributed by atoms with Gasteiger partial charge in [0.25, 0.3) is 0 Å². The van der Waals surface area contributed by atoms with Gasteiger partial charge in [-0.3, -0.25) is 29.4 Å². The molecule has 0 N–H and O–H groups in total. The molecule has 8 heterocycles. The molecule has 13 rings (SSSR count). The van der Waals surface area contributed by atoms with Crippen molar-refractivity contribution in [1.82, 2.24) is 19.8 Å². The van der Waals surface area contributed by atoms with E-state index in [2.05, 4.69) is 71.5 Å². The standard InChI is InChI=1S/C54H52N4O4/c1-5-31-29-57-23-19-33(31)25-47(57)49(37-17-21-55-45-15-11-35(61-3)27-43(37)45)41-13-14-42(52-51(41)53(59)39-9-7-8-10-40(39)54(52)60)50(48-26-34-20-24-58(48)30-32(34)6-2)38-18-22-56-46-16-12-36(62-4)28-44(38)46/h5-18,21-22,27-28,31-34,47-50H,1-2,19-20,23-26,29-30H2,3-4H3/t31-,32-,33+,34+,47-,48-,49-,50-/m1/s1. The van der Waals surface area contributed by atoms with Crippen molar-refractivity contribution in [3.05, 3.63) is 167 Å². The molecule has 62 heavy (non-hydrogen) atoms. The van der Waals surface area contributed by atoms with Gasteiger partial charge >= 0.3 is 0 Å². The molecule has 8 nitrogen and oxygen atoms in total. The largest absolute Gasteiger partial charge is 0.497 e. The number of carbonyl (C=O) groups excluding carboxylic acids is 2. The Morgan fingerprint density at radius 2 is 1.06 bits per heavy atom. The highest BCUT2D eigenvalue weighted by Gasteiger charge is 2.48. The molecular weight excluding hydrogens is 769 g/mol. The van der Waals surface area contributed by atoms with Gasteiger partial charge in [-0.05, 0) is 133 Å². The first-order chi connectivity index (χ1) is 30.4. The Bertz CT molecular complexity index is 2630. The Labute approximate surface area is 363 Å². The molecule has 4 bridgehead atoms. The Morgan fingerprint density at radius 3 is 1.45 bits per heavy atom. The van der Waals surface area contributed by atoms with Gasteiger partial charge in [0.2, 0.25) is 0 Å². The molecule has 6 fully saturated rings. The summed E-state index contributed by atoms with van der Waals surface area (Å²) in [6.45, 7) is 12.3. The molecule has 6 aliphatic heterocycles. The predicted molar refractivity (Wildman–Crippen MR) is 244 cm³/mol. The second-order valence-corrected chi connectivity index (χ2v) is 18.2. The minimum atomic E-state index is -0.238. The van der Waals surface area contributed by atoms with Gasteiger partial charge in [-0.2, -0.15) is 0 Å². The fraction of sp³-hybridized carbons (Fsp3) is 0.333. The van der Waals surface area contributed by atoms with Gasteiger partial charge in [-0.15, -0.1) is 13.2 Å². The van der Waals surface area contributed by atoms with Crippen LogP contribution < -0.4 is 9.47 Å². The van der Waals surface area contributed by atoms with E-state index in [0.29, 0.717) is 45.9 Å². The quantitative estimate of drug-likeness (QED) is 0.126. The summed E-state index contributed by atoms with van der Waals surface area (Å²) in [6, 6.07) is 28.4. The van der Waals surface area contributed by atoms with Crippen molar-refractivity contribution >= 4 is 33.4 Å². The van der Waals surface area contributed by atoms with Crippen LogP contribution in [-0.2, 0) is 0 Å². The fourth-order valence-electron chi connectivity index (χ4n) is 12.5.